The molecule has 3 N–H and O–H groups in total. The van der Waals surface area contributed by atoms with Gasteiger partial charge in [0.05, 0.1) is 5.69 Å². The zero-order chi connectivity index (χ0) is 25.8. The number of carbonyl (C=O) groups is 3. The quantitative estimate of drug-likeness (QED) is 0.594. The summed E-state index contributed by atoms with van der Waals surface area (Å²) in [4.78, 5) is 45.7. The number of fused-ring (bicyclic) bond motifs is 2. The van der Waals surface area contributed by atoms with Gasteiger partial charge >= 0.3 is 0 Å². The lowest BCUT2D eigenvalue weighted by atomic mass is 9.98. The number of carbonyl (C=O) groups excluding carboxylic acids is 3. The number of nitrogens with zero attached hydrogens (tertiary/aromatic N) is 3. The van der Waals surface area contributed by atoms with Crippen molar-refractivity contribution in [3.8, 4) is 11.1 Å². The van der Waals surface area contributed by atoms with E-state index in [2.05, 4.69) is 24.2 Å². The Balaban J connectivity index is 1.62. The number of benzene rings is 2. The molecule has 8 heteroatoms. The summed E-state index contributed by atoms with van der Waals surface area (Å²) in [6, 6.07) is 11.6. The lowest BCUT2D eigenvalue weighted by Gasteiger charge is -2.22. The average molecular weight is 488 g/mol. The van der Waals surface area contributed by atoms with Crippen LogP contribution in [-0.2, 0) is 16.1 Å². The number of amides is 3. The molecular weight excluding hydrogens is 454 g/mol. The van der Waals surface area contributed by atoms with E-state index in [9.17, 15) is 14.4 Å². The van der Waals surface area contributed by atoms with Crippen LogP contribution in [0.15, 0.2) is 47.0 Å². The van der Waals surface area contributed by atoms with Crippen molar-refractivity contribution in [1.82, 2.24) is 15.1 Å². The fraction of sp³-hybridized carbons (Fsp3) is 0.357. The minimum Gasteiger partial charge on any atom is -0.387 e. The van der Waals surface area contributed by atoms with E-state index >= 15 is 0 Å². The molecule has 2 aliphatic heterocycles. The van der Waals surface area contributed by atoms with Crippen LogP contribution in [0.5, 0.6) is 0 Å². The van der Waals surface area contributed by atoms with Crippen molar-refractivity contribution in [2.75, 3.05) is 26.7 Å². The molecule has 2 heterocycles. The van der Waals surface area contributed by atoms with Gasteiger partial charge in [0, 0.05) is 49.8 Å². The second-order valence-electron chi connectivity index (χ2n) is 9.22. The molecule has 0 bridgehead atoms. The first-order valence-corrected chi connectivity index (χ1v) is 12.4. The molecule has 188 valence electrons. The van der Waals surface area contributed by atoms with E-state index in [0.717, 1.165) is 35.1 Å². The summed E-state index contributed by atoms with van der Waals surface area (Å²) in [6.07, 6.45) is 4.02. The Kier molecular flexibility index (Phi) is 7.52. The second-order valence-corrected chi connectivity index (χ2v) is 9.22. The van der Waals surface area contributed by atoms with Crippen LogP contribution in [0.4, 0.5) is 5.69 Å². The number of likely N-dealkylation sites (N-methyl/N-ethyl adjacent to an activating group) is 1. The van der Waals surface area contributed by atoms with Crippen molar-refractivity contribution in [1.29, 1.82) is 0 Å². The maximum absolute atomic E-state index is 13.2. The van der Waals surface area contributed by atoms with Gasteiger partial charge in [-0.3, -0.25) is 14.4 Å². The van der Waals surface area contributed by atoms with E-state index in [1.807, 2.05) is 47.4 Å². The number of nitrogens with two attached hydrogens (primary N) is 1. The zero-order valence-corrected chi connectivity index (χ0v) is 21.1. The molecular formula is C28H33N5O3. The van der Waals surface area contributed by atoms with E-state index in [1.54, 1.807) is 11.9 Å². The van der Waals surface area contributed by atoms with Crippen molar-refractivity contribution < 1.29 is 14.4 Å². The van der Waals surface area contributed by atoms with Crippen molar-refractivity contribution in [3.63, 3.8) is 0 Å². The Morgan fingerprint density at radius 2 is 1.78 bits per heavy atom. The van der Waals surface area contributed by atoms with Crippen LogP contribution in [-0.4, -0.2) is 60.0 Å². The molecule has 2 aromatic carbocycles. The number of hydrogen-bond donors (Lipinski definition) is 2. The summed E-state index contributed by atoms with van der Waals surface area (Å²) >= 11 is 0. The highest BCUT2D eigenvalue weighted by Crippen LogP contribution is 2.34. The number of nitrogens with one attached hydrogen (secondary N) is 1. The standard InChI is InChI=1S/C28H33N5O3/c1-4-10-32(11-5-2)27(35)21-13-20-7-6-19(14-24(20)31-25(29)15-21)18-8-9-23-22(12-18)16-33(28(23)36)17-26(34)30-3/h6-9,12-14H,4-5,10-11,15-17H2,1-3H3,(H2,29,31)(H,30,34). The van der Waals surface area contributed by atoms with Crippen molar-refractivity contribution in [3.05, 3.63) is 58.7 Å². The molecule has 4 rings (SSSR count). The lowest BCUT2D eigenvalue weighted by Crippen LogP contribution is -2.35. The highest BCUT2D eigenvalue weighted by atomic mass is 16.2. The topological polar surface area (TPSA) is 108 Å². The van der Waals surface area contributed by atoms with E-state index in [1.165, 1.54) is 0 Å². The van der Waals surface area contributed by atoms with Crippen LogP contribution in [0.3, 0.4) is 0 Å². The molecule has 2 aromatic rings. The van der Waals surface area contributed by atoms with Gasteiger partial charge in [0.2, 0.25) is 11.8 Å². The van der Waals surface area contributed by atoms with E-state index in [0.29, 0.717) is 48.7 Å². The van der Waals surface area contributed by atoms with Gasteiger partial charge in [-0.25, -0.2) is 4.99 Å². The maximum atomic E-state index is 13.2. The van der Waals surface area contributed by atoms with Gasteiger partial charge in [0.1, 0.15) is 12.4 Å². The molecule has 36 heavy (non-hydrogen) atoms. The van der Waals surface area contributed by atoms with Gasteiger partial charge < -0.3 is 20.9 Å². The monoisotopic (exact) mass is 487 g/mol. The van der Waals surface area contributed by atoms with Gasteiger partial charge in [-0.15, -0.1) is 0 Å². The molecule has 0 saturated heterocycles. The largest absolute Gasteiger partial charge is 0.387 e. The van der Waals surface area contributed by atoms with Gasteiger partial charge in [-0.05, 0) is 53.8 Å². The van der Waals surface area contributed by atoms with Crippen LogP contribution < -0.4 is 11.1 Å². The minimum atomic E-state index is -0.198. The van der Waals surface area contributed by atoms with E-state index in [-0.39, 0.29) is 24.3 Å². The van der Waals surface area contributed by atoms with Crippen LogP contribution in [0, 0.1) is 0 Å². The Bertz CT molecular complexity index is 1260. The fourth-order valence-electron chi connectivity index (χ4n) is 4.71. The van der Waals surface area contributed by atoms with Crippen molar-refractivity contribution in [2.24, 2.45) is 10.7 Å². The molecule has 0 atom stereocenters. The van der Waals surface area contributed by atoms with Crippen LogP contribution in [0.25, 0.3) is 17.2 Å². The van der Waals surface area contributed by atoms with Crippen LogP contribution in [0.2, 0.25) is 0 Å². The highest BCUT2D eigenvalue weighted by Gasteiger charge is 2.29. The first-order chi connectivity index (χ1) is 17.3. The normalized spacial score (nSPS) is 14.4. The Labute approximate surface area is 211 Å². The molecule has 0 spiro atoms. The smallest absolute Gasteiger partial charge is 0.254 e. The molecule has 0 aromatic heterocycles. The molecule has 0 aliphatic carbocycles. The first kappa shape index (κ1) is 25.2. The molecule has 0 unspecified atom stereocenters. The summed E-state index contributed by atoms with van der Waals surface area (Å²) < 4.78 is 0. The van der Waals surface area contributed by atoms with Gasteiger partial charge in [-0.1, -0.05) is 32.0 Å². The van der Waals surface area contributed by atoms with Gasteiger partial charge in [0.25, 0.3) is 5.91 Å². The van der Waals surface area contributed by atoms with Crippen LogP contribution in [0.1, 0.15) is 54.6 Å². The maximum Gasteiger partial charge on any atom is 0.254 e. The predicted octanol–water partition coefficient (Wildman–Crippen LogP) is 3.48. The highest BCUT2D eigenvalue weighted by molar-refractivity contribution is 6.06. The summed E-state index contributed by atoms with van der Waals surface area (Å²) in [5.74, 6) is 0.0826. The molecule has 2 aliphatic rings. The van der Waals surface area contributed by atoms with Gasteiger partial charge in [0.15, 0.2) is 0 Å². The molecule has 0 radical (unpaired) electrons. The fourth-order valence-corrected chi connectivity index (χ4v) is 4.71. The minimum absolute atomic E-state index is 0.0124. The van der Waals surface area contributed by atoms with E-state index in [4.69, 9.17) is 5.73 Å². The molecule has 0 fully saturated rings. The number of rotatable bonds is 8. The third kappa shape index (κ3) is 5.17. The summed E-state index contributed by atoms with van der Waals surface area (Å²) in [5.41, 5.74) is 11.8. The Hall–Kier alpha value is -3.94. The number of hydrogen-bond acceptors (Lipinski definition) is 5. The van der Waals surface area contributed by atoms with Crippen LogP contribution >= 0.6 is 0 Å². The van der Waals surface area contributed by atoms with Crippen molar-refractivity contribution >= 4 is 35.3 Å². The first-order valence-electron chi connectivity index (χ1n) is 12.4. The van der Waals surface area contributed by atoms with Gasteiger partial charge in [-0.2, -0.15) is 0 Å². The number of aliphatic imine (C=N–C) groups is 1. The zero-order valence-electron chi connectivity index (χ0n) is 21.1. The van der Waals surface area contributed by atoms with E-state index < -0.39 is 0 Å². The Morgan fingerprint density at radius 3 is 2.47 bits per heavy atom. The summed E-state index contributed by atoms with van der Waals surface area (Å²) in [6.45, 7) is 6.00. The lowest BCUT2D eigenvalue weighted by molar-refractivity contribution is -0.127. The third-order valence-electron chi connectivity index (χ3n) is 6.48. The summed E-state index contributed by atoms with van der Waals surface area (Å²) in [5, 5.41) is 2.56. The second kappa shape index (κ2) is 10.8. The predicted molar refractivity (Wildman–Crippen MR) is 142 cm³/mol. The molecule has 3 amide bonds. The summed E-state index contributed by atoms with van der Waals surface area (Å²) in [7, 11) is 1.56. The Morgan fingerprint density at radius 1 is 1.08 bits per heavy atom. The third-order valence-corrected chi connectivity index (χ3v) is 6.48. The molecule has 0 saturated carbocycles. The molecule has 8 nitrogen and oxygen atoms in total. The average Bonchev–Trinajstić information content (AvgIpc) is 3.06. The van der Waals surface area contributed by atoms with Crippen molar-refractivity contribution in [2.45, 2.75) is 39.7 Å². The SMILES string of the molecule is CCCN(CCC)C(=O)C1=Cc2ccc(-c3ccc4c(c3)CN(CC(=O)NC)C4=O)cc2N=C(N)C1. The number of amidine groups is 1.